The van der Waals surface area contributed by atoms with Crippen LogP contribution in [0.25, 0.3) is 0 Å². The Morgan fingerprint density at radius 3 is 2.73 bits per heavy atom. The highest BCUT2D eigenvalue weighted by Gasteiger charge is 2.56. The van der Waals surface area contributed by atoms with E-state index in [2.05, 4.69) is 10.6 Å². The predicted molar refractivity (Wildman–Crippen MR) is 80.1 cm³/mol. The van der Waals surface area contributed by atoms with Crippen molar-refractivity contribution in [2.24, 2.45) is 23.7 Å². The monoisotopic (exact) mass is 328 g/mol. The summed E-state index contributed by atoms with van der Waals surface area (Å²) in [7, 11) is 0. The molecule has 0 aromatic heterocycles. The number of hydrogen-bond donors (Lipinski definition) is 2. The van der Waals surface area contributed by atoms with Gasteiger partial charge in [-0.05, 0) is 49.9 Å². The van der Waals surface area contributed by atoms with Gasteiger partial charge < -0.3 is 10.6 Å². The average molecular weight is 329 g/mol. The normalized spacial score (nSPS) is 46.6. The molecule has 0 radical (unpaired) electrons. The first-order chi connectivity index (χ1) is 10.5. The SMILES string of the molecule is O=C1CC2C(CN1)C(=O)NC1(CC1)CC1CCC(Cl)C(F)C12. The van der Waals surface area contributed by atoms with E-state index in [0.29, 0.717) is 13.0 Å². The summed E-state index contributed by atoms with van der Waals surface area (Å²) >= 11 is 6.20. The molecule has 6 unspecified atom stereocenters. The first kappa shape index (κ1) is 14.7. The third-order valence-corrected chi connectivity index (χ3v) is 6.71. The van der Waals surface area contributed by atoms with Gasteiger partial charge in [0.15, 0.2) is 0 Å². The van der Waals surface area contributed by atoms with Crippen LogP contribution in [0.3, 0.4) is 0 Å². The molecule has 2 heterocycles. The predicted octanol–water partition coefficient (Wildman–Crippen LogP) is 1.76. The van der Waals surface area contributed by atoms with E-state index in [9.17, 15) is 14.0 Å². The van der Waals surface area contributed by atoms with E-state index in [4.69, 9.17) is 11.6 Å². The molecule has 2 saturated heterocycles. The lowest BCUT2D eigenvalue weighted by molar-refractivity contribution is -0.138. The van der Waals surface area contributed by atoms with E-state index in [1.807, 2.05) is 0 Å². The first-order valence-electron chi connectivity index (χ1n) is 8.36. The van der Waals surface area contributed by atoms with Crippen LogP contribution in [0.2, 0.25) is 0 Å². The van der Waals surface area contributed by atoms with E-state index in [0.717, 1.165) is 25.7 Å². The number of carbonyl (C=O) groups is 2. The quantitative estimate of drug-likeness (QED) is 0.666. The minimum atomic E-state index is -1.11. The van der Waals surface area contributed by atoms with Crippen LogP contribution < -0.4 is 10.6 Å². The largest absolute Gasteiger partial charge is 0.355 e. The molecule has 2 amide bonds. The number of hydrogen-bond acceptors (Lipinski definition) is 2. The number of fused-ring (bicyclic) bond motifs is 3. The molecule has 0 aromatic carbocycles. The average Bonchev–Trinajstić information content (AvgIpc) is 3.21. The Labute approximate surface area is 134 Å². The second-order valence-corrected chi connectivity index (χ2v) is 8.19. The highest BCUT2D eigenvalue weighted by molar-refractivity contribution is 6.21. The van der Waals surface area contributed by atoms with Crippen LogP contribution in [0.1, 0.15) is 38.5 Å². The molecule has 6 atom stereocenters. The van der Waals surface area contributed by atoms with Crippen molar-refractivity contribution in [2.75, 3.05) is 6.54 Å². The smallest absolute Gasteiger partial charge is 0.225 e. The summed E-state index contributed by atoms with van der Waals surface area (Å²) < 4.78 is 14.9. The third kappa shape index (κ3) is 2.32. The fourth-order valence-corrected chi connectivity index (χ4v) is 5.23. The van der Waals surface area contributed by atoms with Gasteiger partial charge >= 0.3 is 0 Å². The topological polar surface area (TPSA) is 58.2 Å². The number of alkyl halides is 2. The maximum Gasteiger partial charge on any atom is 0.225 e. The van der Waals surface area contributed by atoms with Crippen molar-refractivity contribution in [3.8, 4) is 0 Å². The lowest BCUT2D eigenvalue weighted by Gasteiger charge is -2.48. The van der Waals surface area contributed by atoms with Crippen LogP contribution in [0.15, 0.2) is 0 Å². The minimum absolute atomic E-state index is 0.00940. The summed E-state index contributed by atoms with van der Waals surface area (Å²) in [5.74, 6) is -0.639. The molecule has 4 nitrogen and oxygen atoms in total. The number of amides is 2. The van der Waals surface area contributed by atoms with Gasteiger partial charge in [0.2, 0.25) is 11.8 Å². The lowest BCUT2D eigenvalue weighted by Crippen LogP contribution is -2.58. The lowest BCUT2D eigenvalue weighted by atomic mass is 9.62. The molecule has 2 aliphatic heterocycles. The molecule has 1 spiro atoms. The molecular weight excluding hydrogens is 307 g/mol. The zero-order valence-electron chi connectivity index (χ0n) is 12.5. The zero-order chi connectivity index (χ0) is 15.5. The number of halogens is 2. The van der Waals surface area contributed by atoms with Gasteiger partial charge in [-0.15, -0.1) is 11.6 Å². The summed E-state index contributed by atoms with van der Waals surface area (Å²) in [4.78, 5) is 24.4. The molecule has 4 aliphatic rings. The Bertz CT molecular complexity index is 510. The summed E-state index contributed by atoms with van der Waals surface area (Å²) in [5, 5.41) is 5.49. The molecule has 122 valence electrons. The maximum absolute atomic E-state index is 14.9. The number of nitrogens with one attached hydrogen (secondary N) is 2. The van der Waals surface area contributed by atoms with Crippen molar-refractivity contribution in [1.82, 2.24) is 10.6 Å². The van der Waals surface area contributed by atoms with Crippen LogP contribution in [0, 0.1) is 23.7 Å². The first-order valence-corrected chi connectivity index (χ1v) is 8.80. The number of piperidine rings is 1. The van der Waals surface area contributed by atoms with E-state index in [-0.39, 0.29) is 47.4 Å². The standard InChI is InChI=1S/C16H22ClFN2O2/c17-11-2-1-8-6-16(3-4-16)20-15(22)10-7-19-12(21)5-9(10)13(8)14(11)18/h8-11,13-14H,1-7H2,(H,19,21)(H,20,22). The van der Waals surface area contributed by atoms with E-state index < -0.39 is 11.5 Å². The summed E-state index contributed by atoms with van der Waals surface area (Å²) in [6.45, 7) is 0.328. The molecule has 4 rings (SSSR count). The Morgan fingerprint density at radius 2 is 2.00 bits per heavy atom. The fourth-order valence-electron chi connectivity index (χ4n) is 4.93. The Kier molecular flexibility index (Phi) is 3.40. The van der Waals surface area contributed by atoms with Crippen LogP contribution in [0.4, 0.5) is 4.39 Å². The van der Waals surface area contributed by atoms with Crippen LogP contribution >= 0.6 is 11.6 Å². The molecule has 4 fully saturated rings. The van der Waals surface area contributed by atoms with Gasteiger partial charge in [0.25, 0.3) is 0 Å². The molecule has 2 aliphatic carbocycles. The van der Waals surface area contributed by atoms with Gasteiger partial charge in [-0.3, -0.25) is 9.59 Å². The third-order valence-electron chi connectivity index (χ3n) is 6.25. The molecule has 2 N–H and O–H groups in total. The summed E-state index contributed by atoms with van der Waals surface area (Å²) in [6, 6.07) is 0. The Hall–Kier alpha value is -0.840. The van der Waals surface area contributed by atoms with Crippen LogP contribution in [-0.4, -0.2) is 35.4 Å². The second kappa shape index (κ2) is 5.08. The van der Waals surface area contributed by atoms with Crippen molar-refractivity contribution in [3.05, 3.63) is 0 Å². The van der Waals surface area contributed by atoms with Gasteiger partial charge in [0.1, 0.15) is 6.17 Å². The highest BCUT2D eigenvalue weighted by Crippen LogP contribution is 2.52. The zero-order valence-corrected chi connectivity index (χ0v) is 13.2. The highest BCUT2D eigenvalue weighted by atomic mass is 35.5. The van der Waals surface area contributed by atoms with Gasteiger partial charge in [0.05, 0.1) is 11.3 Å². The minimum Gasteiger partial charge on any atom is -0.355 e. The number of rotatable bonds is 0. The van der Waals surface area contributed by atoms with Gasteiger partial charge in [-0.1, -0.05) is 0 Å². The molecule has 6 heteroatoms. The van der Waals surface area contributed by atoms with E-state index in [1.54, 1.807) is 0 Å². The van der Waals surface area contributed by atoms with Gasteiger partial charge in [-0.25, -0.2) is 4.39 Å². The Morgan fingerprint density at radius 1 is 1.23 bits per heavy atom. The van der Waals surface area contributed by atoms with Crippen molar-refractivity contribution < 1.29 is 14.0 Å². The molecule has 22 heavy (non-hydrogen) atoms. The molecule has 0 bridgehead atoms. The van der Waals surface area contributed by atoms with Crippen molar-refractivity contribution >= 4 is 23.4 Å². The van der Waals surface area contributed by atoms with Crippen LogP contribution in [-0.2, 0) is 9.59 Å². The summed E-state index contributed by atoms with van der Waals surface area (Å²) in [6.07, 6.45) is 3.56. The van der Waals surface area contributed by atoms with Gasteiger partial charge in [-0.2, -0.15) is 0 Å². The van der Waals surface area contributed by atoms with Crippen LogP contribution in [0.5, 0.6) is 0 Å². The second-order valence-electron chi connectivity index (χ2n) is 7.63. The molecule has 0 aromatic rings. The van der Waals surface area contributed by atoms with E-state index in [1.165, 1.54) is 0 Å². The molecule has 2 saturated carbocycles. The molecular formula is C16H22ClFN2O2. The van der Waals surface area contributed by atoms with E-state index >= 15 is 0 Å². The summed E-state index contributed by atoms with van der Waals surface area (Å²) in [5.41, 5.74) is -0.106. The number of carbonyl (C=O) groups excluding carboxylic acids is 2. The van der Waals surface area contributed by atoms with Crippen molar-refractivity contribution in [1.29, 1.82) is 0 Å². The van der Waals surface area contributed by atoms with Crippen molar-refractivity contribution in [2.45, 2.75) is 55.6 Å². The Balaban J connectivity index is 1.70. The van der Waals surface area contributed by atoms with Gasteiger partial charge in [0, 0.05) is 18.5 Å². The van der Waals surface area contributed by atoms with Crippen molar-refractivity contribution in [3.63, 3.8) is 0 Å². The maximum atomic E-state index is 14.9. The fraction of sp³-hybridized carbons (Fsp3) is 0.875.